The molecule has 0 heterocycles. The van der Waals surface area contributed by atoms with E-state index in [-0.39, 0.29) is 35.4 Å². The lowest BCUT2D eigenvalue weighted by molar-refractivity contribution is 0.101. The molecular formula is C9H12ClNO3. The van der Waals surface area contributed by atoms with Gasteiger partial charge in [-0.3, -0.25) is 4.79 Å². The maximum atomic E-state index is 11.0. The summed E-state index contributed by atoms with van der Waals surface area (Å²) >= 11 is 0. The van der Waals surface area contributed by atoms with Gasteiger partial charge in [-0.15, -0.1) is 12.4 Å². The summed E-state index contributed by atoms with van der Waals surface area (Å²) in [5, 5.41) is 9.34. The van der Waals surface area contributed by atoms with E-state index in [0.29, 0.717) is 5.56 Å². The molecule has 0 saturated carbocycles. The lowest BCUT2D eigenvalue weighted by Gasteiger charge is -2.07. The van der Waals surface area contributed by atoms with E-state index in [9.17, 15) is 9.90 Å². The van der Waals surface area contributed by atoms with Crippen molar-refractivity contribution in [2.75, 3.05) is 12.8 Å². The molecule has 0 bridgehead atoms. The molecule has 0 aliphatic carbocycles. The maximum absolute atomic E-state index is 11.0. The molecule has 0 aliphatic heterocycles. The third kappa shape index (κ3) is 2.29. The number of hydrogen-bond acceptors (Lipinski definition) is 4. The fraction of sp³-hybridized carbons (Fsp3) is 0.222. The van der Waals surface area contributed by atoms with Crippen molar-refractivity contribution in [3.05, 3.63) is 17.7 Å². The van der Waals surface area contributed by atoms with Gasteiger partial charge in [0.15, 0.2) is 17.3 Å². The molecule has 1 rings (SSSR count). The molecule has 0 amide bonds. The van der Waals surface area contributed by atoms with Gasteiger partial charge in [-0.05, 0) is 19.1 Å². The van der Waals surface area contributed by atoms with Crippen LogP contribution in [0.15, 0.2) is 12.1 Å². The predicted octanol–water partition coefficient (Wildman–Crippen LogP) is 1.61. The number of halogens is 1. The number of phenolic OH excluding ortho intramolecular Hbond substituents is 1. The van der Waals surface area contributed by atoms with Crippen LogP contribution in [0, 0.1) is 0 Å². The first-order valence-electron chi connectivity index (χ1n) is 3.73. The molecule has 14 heavy (non-hydrogen) atoms. The summed E-state index contributed by atoms with van der Waals surface area (Å²) in [5.74, 6) is -0.0392. The number of nitrogens with two attached hydrogens (primary N) is 1. The number of aromatic hydroxyl groups is 1. The number of benzene rings is 1. The molecule has 0 spiro atoms. The summed E-state index contributed by atoms with van der Waals surface area (Å²) in [6.07, 6.45) is 0. The zero-order valence-corrected chi connectivity index (χ0v) is 8.72. The lowest BCUT2D eigenvalue weighted by atomic mass is 10.1. The van der Waals surface area contributed by atoms with Crippen molar-refractivity contribution in [2.45, 2.75) is 6.92 Å². The Morgan fingerprint density at radius 3 is 2.50 bits per heavy atom. The summed E-state index contributed by atoms with van der Waals surface area (Å²) in [4.78, 5) is 11.0. The Hall–Kier alpha value is -1.42. The Kier molecular flexibility index (Phi) is 4.24. The van der Waals surface area contributed by atoms with E-state index in [1.54, 1.807) is 0 Å². The molecule has 5 heteroatoms. The van der Waals surface area contributed by atoms with Gasteiger partial charge in [0.1, 0.15) is 0 Å². The standard InChI is InChI=1S/C9H11NO3.ClH/c1-5(11)6-3-7(10)9(12)8(4-6)13-2;/h3-4,12H,10H2,1-2H3;1H. The number of methoxy groups -OCH3 is 1. The van der Waals surface area contributed by atoms with Gasteiger partial charge in [0.2, 0.25) is 0 Å². The monoisotopic (exact) mass is 217 g/mol. The fourth-order valence-electron chi connectivity index (χ4n) is 0.988. The average Bonchev–Trinajstić information content (AvgIpc) is 2.09. The van der Waals surface area contributed by atoms with E-state index in [2.05, 4.69) is 0 Å². The molecule has 0 atom stereocenters. The smallest absolute Gasteiger partial charge is 0.181 e. The molecule has 78 valence electrons. The number of phenols is 1. The quantitative estimate of drug-likeness (QED) is 0.449. The van der Waals surface area contributed by atoms with Crippen LogP contribution in [0.1, 0.15) is 17.3 Å². The summed E-state index contributed by atoms with van der Waals surface area (Å²) in [5.41, 5.74) is 6.02. The normalized spacial score (nSPS) is 9.00. The van der Waals surface area contributed by atoms with Gasteiger partial charge < -0.3 is 15.6 Å². The second kappa shape index (κ2) is 4.72. The summed E-state index contributed by atoms with van der Waals surface area (Å²) < 4.78 is 4.83. The van der Waals surface area contributed by atoms with Crippen molar-refractivity contribution < 1.29 is 14.6 Å². The fourth-order valence-corrected chi connectivity index (χ4v) is 0.988. The van der Waals surface area contributed by atoms with Crippen molar-refractivity contribution in [2.24, 2.45) is 0 Å². The highest BCUT2D eigenvalue weighted by atomic mass is 35.5. The zero-order valence-electron chi connectivity index (χ0n) is 7.90. The van der Waals surface area contributed by atoms with Crippen LogP contribution >= 0.6 is 12.4 Å². The topological polar surface area (TPSA) is 72.5 Å². The van der Waals surface area contributed by atoms with Crippen LogP contribution in [0.3, 0.4) is 0 Å². The number of Topliss-reactive ketones (excluding diaryl/α,β-unsaturated/α-hetero) is 1. The maximum Gasteiger partial charge on any atom is 0.181 e. The van der Waals surface area contributed by atoms with Gasteiger partial charge in [0.05, 0.1) is 12.8 Å². The Balaban J connectivity index is 0.00000169. The van der Waals surface area contributed by atoms with Crippen molar-refractivity contribution in [3.8, 4) is 11.5 Å². The molecule has 3 N–H and O–H groups in total. The largest absolute Gasteiger partial charge is 0.503 e. The number of anilines is 1. The Morgan fingerprint density at radius 2 is 2.07 bits per heavy atom. The van der Waals surface area contributed by atoms with E-state index in [1.807, 2.05) is 0 Å². The number of carbonyl (C=O) groups excluding carboxylic acids is 1. The van der Waals surface area contributed by atoms with Crippen LogP contribution in [0.5, 0.6) is 11.5 Å². The first-order chi connectivity index (χ1) is 6.06. The molecule has 0 radical (unpaired) electrons. The SMILES string of the molecule is COc1cc(C(C)=O)cc(N)c1O.Cl. The van der Waals surface area contributed by atoms with Crippen molar-refractivity contribution >= 4 is 23.9 Å². The second-order valence-electron chi connectivity index (χ2n) is 2.67. The van der Waals surface area contributed by atoms with E-state index >= 15 is 0 Å². The van der Waals surface area contributed by atoms with Gasteiger partial charge in [-0.25, -0.2) is 0 Å². The molecule has 0 fully saturated rings. The highest BCUT2D eigenvalue weighted by Crippen LogP contribution is 2.33. The molecule has 1 aromatic rings. The first-order valence-corrected chi connectivity index (χ1v) is 3.73. The van der Waals surface area contributed by atoms with E-state index in [0.717, 1.165) is 0 Å². The highest BCUT2D eigenvalue weighted by molar-refractivity contribution is 5.96. The van der Waals surface area contributed by atoms with Crippen LogP contribution in [-0.4, -0.2) is 18.0 Å². The zero-order chi connectivity index (χ0) is 10.0. The molecule has 0 unspecified atom stereocenters. The van der Waals surface area contributed by atoms with Crippen molar-refractivity contribution in [1.29, 1.82) is 0 Å². The highest BCUT2D eigenvalue weighted by Gasteiger charge is 2.09. The summed E-state index contributed by atoms with van der Waals surface area (Å²) in [6.45, 7) is 1.42. The first kappa shape index (κ1) is 12.6. The molecule has 0 saturated heterocycles. The molecule has 0 aliphatic rings. The average molecular weight is 218 g/mol. The van der Waals surface area contributed by atoms with Gasteiger partial charge in [0.25, 0.3) is 0 Å². The number of nitrogen functional groups attached to an aromatic ring is 1. The number of carbonyl (C=O) groups is 1. The van der Waals surface area contributed by atoms with E-state index in [1.165, 1.54) is 26.2 Å². The van der Waals surface area contributed by atoms with Gasteiger partial charge in [0, 0.05) is 5.56 Å². The third-order valence-electron chi connectivity index (χ3n) is 1.73. The van der Waals surface area contributed by atoms with E-state index < -0.39 is 0 Å². The van der Waals surface area contributed by atoms with Crippen LogP contribution in [0.2, 0.25) is 0 Å². The van der Waals surface area contributed by atoms with Crippen LogP contribution in [-0.2, 0) is 0 Å². The Morgan fingerprint density at radius 1 is 1.50 bits per heavy atom. The van der Waals surface area contributed by atoms with Gasteiger partial charge >= 0.3 is 0 Å². The third-order valence-corrected chi connectivity index (χ3v) is 1.73. The molecule has 1 aromatic carbocycles. The molecule has 0 aromatic heterocycles. The van der Waals surface area contributed by atoms with Gasteiger partial charge in [-0.2, -0.15) is 0 Å². The number of ketones is 1. The molecule has 4 nitrogen and oxygen atoms in total. The predicted molar refractivity (Wildman–Crippen MR) is 56.3 cm³/mol. The van der Waals surface area contributed by atoms with Gasteiger partial charge in [-0.1, -0.05) is 0 Å². The van der Waals surface area contributed by atoms with E-state index in [4.69, 9.17) is 10.5 Å². The minimum Gasteiger partial charge on any atom is -0.503 e. The number of rotatable bonds is 2. The van der Waals surface area contributed by atoms with Crippen molar-refractivity contribution in [3.63, 3.8) is 0 Å². The number of hydrogen-bond donors (Lipinski definition) is 2. The van der Waals surface area contributed by atoms with Crippen LogP contribution in [0.4, 0.5) is 5.69 Å². The lowest BCUT2D eigenvalue weighted by Crippen LogP contribution is -1.97. The number of ether oxygens (including phenoxy) is 1. The Bertz CT molecular complexity index is 352. The minimum absolute atomic E-state index is 0. The summed E-state index contributed by atoms with van der Waals surface area (Å²) in [7, 11) is 1.40. The Labute approximate surface area is 88.1 Å². The second-order valence-corrected chi connectivity index (χ2v) is 2.67. The van der Waals surface area contributed by atoms with Crippen LogP contribution < -0.4 is 10.5 Å². The molecular weight excluding hydrogens is 206 g/mol. The summed E-state index contributed by atoms with van der Waals surface area (Å²) in [6, 6.07) is 2.87. The van der Waals surface area contributed by atoms with Crippen molar-refractivity contribution in [1.82, 2.24) is 0 Å². The van der Waals surface area contributed by atoms with Crippen LogP contribution in [0.25, 0.3) is 0 Å². The minimum atomic E-state index is -0.132.